The van der Waals surface area contributed by atoms with Crippen molar-refractivity contribution in [3.8, 4) is 11.5 Å². The Morgan fingerprint density at radius 2 is 1.29 bits per heavy atom. The topological polar surface area (TPSA) is 68.0 Å². The SMILES string of the molecule is CCCCCCCCCCCCCCCCNC(=O)c1ccc(-c2nnc(C)o2)cc1. The minimum absolute atomic E-state index is 0.0250. The predicted molar refractivity (Wildman–Crippen MR) is 127 cm³/mol. The molecule has 172 valence electrons. The van der Waals surface area contributed by atoms with Crippen molar-refractivity contribution >= 4 is 5.91 Å². The van der Waals surface area contributed by atoms with Gasteiger partial charge in [-0.2, -0.15) is 0 Å². The fourth-order valence-electron chi connectivity index (χ4n) is 3.80. The Bertz CT molecular complexity index is 725. The van der Waals surface area contributed by atoms with E-state index in [-0.39, 0.29) is 5.91 Å². The lowest BCUT2D eigenvalue weighted by Gasteiger charge is -2.06. The van der Waals surface area contributed by atoms with E-state index in [9.17, 15) is 4.79 Å². The molecule has 0 saturated carbocycles. The smallest absolute Gasteiger partial charge is 0.251 e. The average molecular weight is 428 g/mol. The lowest BCUT2D eigenvalue weighted by molar-refractivity contribution is 0.0953. The number of amides is 1. The van der Waals surface area contributed by atoms with Crippen molar-refractivity contribution in [1.29, 1.82) is 0 Å². The van der Waals surface area contributed by atoms with Crippen LogP contribution < -0.4 is 5.32 Å². The lowest BCUT2D eigenvalue weighted by atomic mass is 10.0. The maximum atomic E-state index is 12.3. The molecule has 0 aliphatic heterocycles. The molecule has 1 aromatic heterocycles. The summed E-state index contributed by atoms with van der Waals surface area (Å²) >= 11 is 0. The van der Waals surface area contributed by atoms with E-state index < -0.39 is 0 Å². The minimum Gasteiger partial charge on any atom is -0.421 e. The molecule has 0 aliphatic carbocycles. The van der Waals surface area contributed by atoms with Crippen molar-refractivity contribution in [2.75, 3.05) is 6.54 Å². The van der Waals surface area contributed by atoms with Gasteiger partial charge in [0.1, 0.15) is 0 Å². The molecule has 31 heavy (non-hydrogen) atoms. The molecule has 5 heteroatoms. The fourth-order valence-corrected chi connectivity index (χ4v) is 3.80. The summed E-state index contributed by atoms with van der Waals surface area (Å²) in [6, 6.07) is 7.29. The molecule has 1 N–H and O–H groups in total. The number of unbranched alkanes of at least 4 members (excludes halogenated alkanes) is 13. The Hall–Kier alpha value is -2.17. The van der Waals surface area contributed by atoms with Gasteiger partial charge in [-0.3, -0.25) is 4.79 Å². The van der Waals surface area contributed by atoms with Crippen LogP contribution in [-0.2, 0) is 0 Å². The molecular formula is C26H41N3O2. The van der Waals surface area contributed by atoms with Crippen molar-refractivity contribution in [3.05, 3.63) is 35.7 Å². The van der Waals surface area contributed by atoms with Gasteiger partial charge in [0.05, 0.1) is 0 Å². The largest absolute Gasteiger partial charge is 0.421 e. The van der Waals surface area contributed by atoms with E-state index >= 15 is 0 Å². The minimum atomic E-state index is -0.0250. The van der Waals surface area contributed by atoms with Gasteiger partial charge in [-0.25, -0.2) is 0 Å². The number of rotatable bonds is 17. The Kier molecular flexibility index (Phi) is 12.6. The van der Waals surface area contributed by atoms with Gasteiger partial charge in [-0.1, -0.05) is 90.4 Å². The Morgan fingerprint density at radius 3 is 1.77 bits per heavy atom. The van der Waals surface area contributed by atoms with Crippen LogP contribution in [0.5, 0.6) is 0 Å². The highest BCUT2D eigenvalue weighted by molar-refractivity contribution is 5.94. The van der Waals surface area contributed by atoms with Crippen molar-refractivity contribution in [3.63, 3.8) is 0 Å². The second kappa shape index (κ2) is 15.6. The van der Waals surface area contributed by atoms with E-state index in [1.165, 1.54) is 83.5 Å². The first-order valence-electron chi connectivity index (χ1n) is 12.4. The van der Waals surface area contributed by atoms with Crippen LogP contribution in [0.25, 0.3) is 11.5 Å². The molecule has 0 fully saturated rings. The maximum absolute atomic E-state index is 12.3. The van der Waals surface area contributed by atoms with Crippen LogP contribution in [0.15, 0.2) is 28.7 Å². The van der Waals surface area contributed by atoms with Crippen LogP contribution in [0, 0.1) is 6.92 Å². The van der Waals surface area contributed by atoms with Crippen molar-refractivity contribution < 1.29 is 9.21 Å². The summed E-state index contributed by atoms with van der Waals surface area (Å²) in [7, 11) is 0. The van der Waals surface area contributed by atoms with Gasteiger partial charge in [0.25, 0.3) is 5.91 Å². The molecular weight excluding hydrogens is 386 g/mol. The van der Waals surface area contributed by atoms with Gasteiger partial charge in [-0.05, 0) is 30.7 Å². The zero-order chi connectivity index (χ0) is 22.2. The first kappa shape index (κ1) is 25.1. The molecule has 0 unspecified atom stereocenters. The predicted octanol–water partition coefficient (Wildman–Crippen LogP) is 7.26. The third-order valence-corrected chi connectivity index (χ3v) is 5.74. The first-order chi connectivity index (χ1) is 15.2. The lowest BCUT2D eigenvalue weighted by Crippen LogP contribution is -2.24. The number of carbonyl (C=O) groups is 1. The first-order valence-corrected chi connectivity index (χ1v) is 12.4. The molecule has 0 radical (unpaired) electrons. The maximum Gasteiger partial charge on any atom is 0.251 e. The van der Waals surface area contributed by atoms with Crippen molar-refractivity contribution in [2.24, 2.45) is 0 Å². The fraction of sp³-hybridized carbons (Fsp3) is 0.654. The number of nitrogens with zero attached hydrogens (tertiary/aromatic N) is 2. The number of aromatic nitrogens is 2. The van der Waals surface area contributed by atoms with E-state index in [0.29, 0.717) is 17.3 Å². The molecule has 0 spiro atoms. The standard InChI is InChI=1S/C26H41N3O2/c1-3-4-5-6-7-8-9-10-11-12-13-14-15-16-21-27-25(30)23-17-19-24(20-18-23)26-29-28-22(2)31-26/h17-20H,3-16,21H2,1-2H3,(H,27,30). The van der Waals surface area contributed by atoms with Gasteiger partial charge < -0.3 is 9.73 Å². The second-order valence-corrected chi connectivity index (χ2v) is 8.56. The number of benzene rings is 1. The highest BCUT2D eigenvalue weighted by atomic mass is 16.4. The summed E-state index contributed by atoms with van der Waals surface area (Å²) in [5.41, 5.74) is 1.48. The third-order valence-electron chi connectivity index (χ3n) is 5.74. The van der Waals surface area contributed by atoms with Gasteiger partial charge in [0, 0.05) is 24.6 Å². The van der Waals surface area contributed by atoms with Crippen LogP contribution in [-0.4, -0.2) is 22.6 Å². The molecule has 2 aromatic rings. The van der Waals surface area contributed by atoms with E-state index in [1.807, 2.05) is 12.1 Å². The summed E-state index contributed by atoms with van der Waals surface area (Å²) in [5.74, 6) is 0.986. The Labute approximate surface area is 188 Å². The van der Waals surface area contributed by atoms with Gasteiger partial charge in [0.15, 0.2) is 0 Å². The normalized spacial score (nSPS) is 11.0. The van der Waals surface area contributed by atoms with E-state index in [1.54, 1.807) is 19.1 Å². The number of hydrogen-bond donors (Lipinski definition) is 1. The molecule has 0 atom stereocenters. The average Bonchev–Trinajstić information content (AvgIpc) is 3.22. The Morgan fingerprint density at radius 1 is 0.774 bits per heavy atom. The molecule has 1 amide bonds. The molecule has 0 saturated heterocycles. The molecule has 0 aliphatic rings. The van der Waals surface area contributed by atoms with Crippen LogP contribution in [0.4, 0.5) is 0 Å². The molecule has 1 aromatic carbocycles. The van der Waals surface area contributed by atoms with E-state index in [2.05, 4.69) is 22.4 Å². The summed E-state index contributed by atoms with van der Waals surface area (Å²) in [6.07, 6.45) is 18.8. The van der Waals surface area contributed by atoms with Crippen LogP contribution in [0.1, 0.15) is 113 Å². The molecule has 5 nitrogen and oxygen atoms in total. The second-order valence-electron chi connectivity index (χ2n) is 8.56. The van der Waals surface area contributed by atoms with Crippen LogP contribution in [0.3, 0.4) is 0 Å². The number of carbonyl (C=O) groups excluding carboxylic acids is 1. The van der Waals surface area contributed by atoms with Crippen molar-refractivity contribution in [1.82, 2.24) is 15.5 Å². The zero-order valence-corrected chi connectivity index (χ0v) is 19.6. The van der Waals surface area contributed by atoms with Gasteiger partial charge >= 0.3 is 0 Å². The molecule has 1 heterocycles. The number of aryl methyl sites for hydroxylation is 1. The van der Waals surface area contributed by atoms with Gasteiger partial charge in [0.2, 0.25) is 11.8 Å². The number of hydrogen-bond acceptors (Lipinski definition) is 4. The molecule has 0 bridgehead atoms. The summed E-state index contributed by atoms with van der Waals surface area (Å²) in [6.45, 7) is 4.77. The quantitative estimate of drug-likeness (QED) is 0.270. The van der Waals surface area contributed by atoms with Crippen LogP contribution >= 0.6 is 0 Å². The van der Waals surface area contributed by atoms with Gasteiger partial charge in [-0.15, -0.1) is 10.2 Å². The third kappa shape index (κ3) is 10.6. The zero-order valence-electron chi connectivity index (χ0n) is 19.6. The summed E-state index contributed by atoms with van der Waals surface area (Å²) < 4.78 is 5.41. The highest BCUT2D eigenvalue weighted by Crippen LogP contribution is 2.18. The van der Waals surface area contributed by atoms with Crippen LogP contribution in [0.2, 0.25) is 0 Å². The van der Waals surface area contributed by atoms with Crippen molar-refractivity contribution in [2.45, 2.75) is 104 Å². The monoisotopic (exact) mass is 427 g/mol. The van der Waals surface area contributed by atoms with E-state index in [4.69, 9.17) is 4.42 Å². The highest BCUT2D eigenvalue weighted by Gasteiger charge is 2.08. The molecule has 2 rings (SSSR count). The summed E-state index contributed by atoms with van der Waals surface area (Å²) in [5, 5.41) is 10.8. The number of nitrogens with one attached hydrogen (secondary N) is 1. The van der Waals surface area contributed by atoms with E-state index in [0.717, 1.165) is 18.5 Å². The summed E-state index contributed by atoms with van der Waals surface area (Å²) in [4.78, 5) is 12.3. The Balaban J connectivity index is 1.43.